The highest BCUT2D eigenvalue weighted by Gasteiger charge is 2.11. The Kier molecular flexibility index (Phi) is 6.33. The molecule has 0 saturated carbocycles. The van der Waals surface area contributed by atoms with Crippen LogP contribution in [0, 0.1) is 3.57 Å². The van der Waals surface area contributed by atoms with Crippen LogP contribution < -0.4 is 5.32 Å². The van der Waals surface area contributed by atoms with Crippen molar-refractivity contribution in [2.45, 2.75) is 25.8 Å². The van der Waals surface area contributed by atoms with Gasteiger partial charge in [-0.05, 0) is 65.2 Å². The Labute approximate surface area is 139 Å². The summed E-state index contributed by atoms with van der Waals surface area (Å²) in [6.45, 7) is 3.10. The first-order chi connectivity index (χ1) is 9.70. The van der Waals surface area contributed by atoms with Crippen molar-refractivity contribution < 1.29 is 0 Å². The van der Waals surface area contributed by atoms with Gasteiger partial charge in [-0.3, -0.25) is 0 Å². The molecule has 0 amide bonds. The molecule has 0 aromatic heterocycles. The summed E-state index contributed by atoms with van der Waals surface area (Å²) in [6, 6.07) is 17.3. The molecule has 2 aromatic carbocycles. The maximum atomic E-state index is 6.24. The highest BCUT2D eigenvalue weighted by Crippen LogP contribution is 2.25. The van der Waals surface area contributed by atoms with E-state index in [1.54, 1.807) is 0 Å². The summed E-state index contributed by atoms with van der Waals surface area (Å²) < 4.78 is 1.10. The molecule has 1 atom stereocenters. The number of hydrogen-bond acceptors (Lipinski definition) is 1. The smallest absolute Gasteiger partial charge is 0.0542 e. The fourth-order valence-electron chi connectivity index (χ4n) is 2.32. The largest absolute Gasteiger partial charge is 0.310 e. The first-order valence-electron chi connectivity index (χ1n) is 6.93. The molecule has 0 aliphatic rings. The van der Waals surface area contributed by atoms with E-state index in [0.717, 1.165) is 28.0 Å². The zero-order chi connectivity index (χ0) is 14.4. The Morgan fingerprint density at radius 2 is 1.90 bits per heavy atom. The van der Waals surface area contributed by atoms with Crippen LogP contribution in [0.4, 0.5) is 0 Å². The van der Waals surface area contributed by atoms with Gasteiger partial charge in [0.05, 0.1) is 5.02 Å². The Bertz CT molecular complexity index is 542. The molecule has 0 fully saturated rings. The van der Waals surface area contributed by atoms with E-state index in [-0.39, 0.29) is 0 Å². The second kappa shape index (κ2) is 8.01. The predicted octanol–water partition coefficient (Wildman–Crippen LogP) is 5.23. The fraction of sp³-hybridized carbons (Fsp3) is 0.294. The second-order valence-electron chi connectivity index (χ2n) is 4.81. The molecule has 2 rings (SSSR count). The number of hydrogen-bond donors (Lipinski definition) is 1. The predicted molar refractivity (Wildman–Crippen MR) is 95.3 cm³/mol. The van der Waals surface area contributed by atoms with Crippen LogP contribution in [0.15, 0.2) is 48.5 Å². The lowest BCUT2D eigenvalue weighted by Crippen LogP contribution is -2.21. The van der Waals surface area contributed by atoms with Crippen molar-refractivity contribution in [2.24, 2.45) is 0 Å². The number of halogens is 2. The van der Waals surface area contributed by atoms with Crippen molar-refractivity contribution in [1.29, 1.82) is 0 Å². The summed E-state index contributed by atoms with van der Waals surface area (Å²) in [5, 5.41) is 4.39. The summed E-state index contributed by atoms with van der Waals surface area (Å²) in [5.41, 5.74) is 2.65. The summed E-state index contributed by atoms with van der Waals surface area (Å²) in [6.07, 6.45) is 2.15. The van der Waals surface area contributed by atoms with E-state index in [9.17, 15) is 0 Å². The molecule has 2 aromatic rings. The lowest BCUT2D eigenvalue weighted by Gasteiger charge is -2.19. The molecule has 0 bridgehead atoms. The lowest BCUT2D eigenvalue weighted by atomic mass is 9.99. The van der Waals surface area contributed by atoms with Gasteiger partial charge < -0.3 is 5.32 Å². The fourth-order valence-corrected chi connectivity index (χ4v) is 2.84. The van der Waals surface area contributed by atoms with Crippen molar-refractivity contribution in [3.8, 4) is 0 Å². The van der Waals surface area contributed by atoms with E-state index in [1.165, 1.54) is 11.1 Å². The van der Waals surface area contributed by atoms with Gasteiger partial charge in [0.15, 0.2) is 0 Å². The highest BCUT2D eigenvalue weighted by molar-refractivity contribution is 14.1. The standard InChI is InChI=1S/C17H19ClIN/c1-2-20-17(11-8-13-6-4-3-5-7-13)14-9-10-16(19)15(18)12-14/h3-7,9-10,12,17,20H,2,8,11H2,1H3. The van der Waals surface area contributed by atoms with Gasteiger partial charge in [0.25, 0.3) is 0 Å². The summed E-state index contributed by atoms with van der Waals surface area (Å²) in [4.78, 5) is 0. The van der Waals surface area contributed by atoms with Gasteiger partial charge in [-0.1, -0.05) is 54.9 Å². The van der Waals surface area contributed by atoms with Gasteiger partial charge in [-0.2, -0.15) is 0 Å². The van der Waals surface area contributed by atoms with Gasteiger partial charge in [-0.15, -0.1) is 0 Å². The normalized spacial score (nSPS) is 12.3. The van der Waals surface area contributed by atoms with Crippen LogP contribution in [0.3, 0.4) is 0 Å². The van der Waals surface area contributed by atoms with Crippen molar-refractivity contribution >= 4 is 34.2 Å². The molecule has 0 heterocycles. The molecule has 0 aliphatic carbocycles. The Morgan fingerprint density at radius 3 is 2.55 bits per heavy atom. The van der Waals surface area contributed by atoms with Gasteiger partial charge in [0.1, 0.15) is 0 Å². The molecule has 1 N–H and O–H groups in total. The molecular weight excluding hydrogens is 381 g/mol. The van der Waals surface area contributed by atoms with E-state index in [1.807, 2.05) is 0 Å². The third-order valence-electron chi connectivity index (χ3n) is 3.36. The molecule has 0 aliphatic heterocycles. The third kappa shape index (κ3) is 4.47. The van der Waals surface area contributed by atoms with Crippen LogP contribution in [-0.2, 0) is 6.42 Å². The van der Waals surface area contributed by atoms with Gasteiger partial charge in [0.2, 0.25) is 0 Å². The van der Waals surface area contributed by atoms with Crippen molar-refractivity contribution in [1.82, 2.24) is 5.32 Å². The monoisotopic (exact) mass is 399 g/mol. The number of nitrogens with one attached hydrogen (secondary N) is 1. The zero-order valence-corrected chi connectivity index (χ0v) is 14.5. The second-order valence-corrected chi connectivity index (χ2v) is 6.38. The van der Waals surface area contributed by atoms with E-state index >= 15 is 0 Å². The molecule has 3 heteroatoms. The third-order valence-corrected chi connectivity index (χ3v) is 4.93. The van der Waals surface area contributed by atoms with Crippen LogP contribution in [-0.4, -0.2) is 6.54 Å². The first-order valence-corrected chi connectivity index (χ1v) is 8.38. The van der Waals surface area contributed by atoms with Crippen LogP contribution in [0.1, 0.15) is 30.5 Å². The van der Waals surface area contributed by atoms with Crippen LogP contribution >= 0.6 is 34.2 Å². The zero-order valence-electron chi connectivity index (χ0n) is 11.6. The topological polar surface area (TPSA) is 12.0 Å². The average molecular weight is 400 g/mol. The molecule has 0 spiro atoms. The Balaban J connectivity index is 2.08. The van der Waals surface area contributed by atoms with Crippen molar-refractivity contribution in [3.63, 3.8) is 0 Å². The highest BCUT2D eigenvalue weighted by atomic mass is 127. The lowest BCUT2D eigenvalue weighted by molar-refractivity contribution is 0.515. The molecule has 20 heavy (non-hydrogen) atoms. The summed E-state index contributed by atoms with van der Waals surface area (Å²) in [5.74, 6) is 0. The molecule has 0 radical (unpaired) electrons. The minimum atomic E-state index is 0.356. The van der Waals surface area contributed by atoms with E-state index in [0.29, 0.717) is 6.04 Å². The quantitative estimate of drug-likeness (QED) is 0.656. The van der Waals surface area contributed by atoms with Crippen LogP contribution in [0.25, 0.3) is 0 Å². The summed E-state index contributed by atoms with van der Waals surface area (Å²) >= 11 is 8.50. The van der Waals surface area contributed by atoms with E-state index in [4.69, 9.17) is 11.6 Å². The Hall–Kier alpha value is -0.580. The van der Waals surface area contributed by atoms with Crippen LogP contribution in [0.5, 0.6) is 0 Å². The van der Waals surface area contributed by atoms with Crippen molar-refractivity contribution in [3.05, 3.63) is 68.3 Å². The molecule has 106 valence electrons. The van der Waals surface area contributed by atoms with Crippen LogP contribution in [0.2, 0.25) is 5.02 Å². The number of benzene rings is 2. The minimum absolute atomic E-state index is 0.356. The average Bonchev–Trinajstić information content (AvgIpc) is 2.47. The number of aryl methyl sites for hydroxylation is 1. The maximum Gasteiger partial charge on any atom is 0.0542 e. The molecular formula is C17H19ClIN. The molecule has 1 nitrogen and oxygen atoms in total. The maximum absolute atomic E-state index is 6.24. The first kappa shape index (κ1) is 15.8. The van der Waals surface area contributed by atoms with Gasteiger partial charge in [-0.25, -0.2) is 0 Å². The van der Waals surface area contributed by atoms with Gasteiger partial charge in [0, 0.05) is 9.61 Å². The van der Waals surface area contributed by atoms with E-state index < -0.39 is 0 Å². The van der Waals surface area contributed by atoms with Gasteiger partial charge >= 0.3 is 0 Å². The molecule has 0 saturated heterocycles. The Morgan fingerprint density at radius 1 is 1.15 bits per heavy atom. The molecule has 1 unspecified atom stereocenters. The van der Waals surface area contributed by atoms with E-state index in [2.05, 4.69) is 83.4 Å². The minimum Gasteiger partial charge on any atom is -0.310 e. The summed E-state index contributed by atoms with van der Waals surface area (Å²) in [7, 11) is 0. The van der Waals surface area contributed by atoms with Crippen molar-refractivity contribution in [2.75, 3.05) is 6.54 Å². The SMILES string of the molecule is CCNC(CCc1ccccc1)c1ccc(I)c(Cl)c1. The number of rotatable bonds is 6.